The minimum atomic E-state index is -0.594. The zero-order chi connectivity index (χ0) is 19.2. The third-order valence-corrected chi connectivity index (χ3v) is 5.22. The van der Waals surface area contributed by atoms with Crippen molar-refractivity contribution in [3.8, 4) is 0 Å². The summed E-state index contributed by atoms with van der Waals surface area (Å²) in [6.07, 6.45) is 5.73. The fourth-order valence-electron chi connectivity index (χ4n) is 3.77. The number of amides is 2. The maximum absolute atomic E-state index is 13.7. The van der Waals surface area contributed by atoms with E-state index < -0.39 is 5.82 Å². The standard InChI is InChI=1S/C17H22FN3O2.CH2O2/c1-2-20-9-3-5-17(16(20)23)6-10-21(11-7-17)15(22)13-4-8-19-12-14(13)18;2-1-3/h4,8,12H,2-3,5-7,9-11H2,1H3;1H,(H,2,3). The van der Waals surface area contributed by atoms with Crippen molar-refractivity contribution in [3.63, 3.8) is 0 Å². The Kier molecular flexibility index (Phi) is 6.65. The van der Waals surface area contributed by atoms with Crippen molar-refractivity contribution in [3.05, 3.63) is 29.8 Å². The molecule has 2 fully saturated rings. The van der Waals surface area contributed by atoms with Crippen LogP contribution < -0.4 is 0 Å². The lowest BCUT2D eigenvalue weighted by Crippen LogP contribution is -2.54. The molecule has 0 aromatic carbocycles. The highest BCUT2D eigenvalue weighted by atomic mass is 19.1. The molecule has 2 aliphatic heterocycles. The highest BCUT2D eigenvalue weighted by Crippen LogP contribution is 2.41. The van der Waals surface area contributed by atoms with Crippen LogP contribution in [0.3, 0.4) is 0 Å². The van der Waals surface area contributed by atoms with E-state index in [0.29, 0.717) is 25.9 Å². The van der Waals surface area contributed by atoms with Crippen LogP contribution in [-0.4, -0.2) is 64.4 Å². The molecule has 0 saturated carbocycles. The van der Waals surface area contributed by atoms with Crippen LogP contribution >= 0.6 is 0 Å². The van der Waals surface area contributed by atoms with Gasteiger partial charge in [0.1, 0.15) is 0 Å². The van der Waals surface area contributed by atoms with Crippen molar-refractivity contribution in [2.75, 3.05) is 26.2 Å². The van der Waals surface area contributed by atoms with E-state index in [9.17, 15) is 14.0 Å². The first kappa shape index (κ1) is 19.8. The van der Waals surface area contributed by atoms with Crippen molar-refractivity contribution in [2.45, 2.75) is 32.6 Å². The third-order valence-electron chi connectivity index (χ3n) is 5.22. The van der Waals surface area contributed by atoms with E-state index in [2.05, 4.69) is 4.98 Å². The number of nitrogens with zero attached hydrogens (tertiary/aromatic N) is 3. The molecule has 0 atom stereocenters. The van der Waals surface area contributed by atoms with E-state index in [4.69, 9.17) is 9.90 Å². The van der Waals surface area contributed by atoms with E-state index >= 15 is 0 Å². The lowest BCUT2D eigenvalue weighted by Gasteiger charge is -2.46. The molecule has 8 heteroatoms. The van der Waals surface area contributed by atoms with Crippen LogP contribution in [0.2, 0.25) is 0 Å². The van der Waals surface area contributed by atoms with Gasteiger partial charge < -0.3 is 14.9 Å². The van der Waals surface area contributed by atoms with Crippen LogP contribution in [0.5, 0.6) is 0 Å². The first-order valence-electron chi connectivity index (χ1n) is 8.75. The summed E-state index contributed by atoms with van der Waals surface area (Å²) in [6.45, 7) is 4.34. The molecule has 142 valence electrons. The number of pyridine rings is 1. The number of hydrogen-bond donors (Lipinski definition) is 1. The normalized spacial score (nSPS) is 18.9. The SMILES string of the molecule is CCN1CCCC2(CCN(C(=O)c3ccncc3F)CC2)C1=O.O=CO. The van der Waals surface area contributed by atoms with Crippen LogP contribution in [0, 0.1) is 11.2 Å². The molecule has 3 heterocycles. The van der Waals surface area contributed by atoms with Gasteiger partial charge in [0.2, 0.25) is 5.91 Å². The lowest BCUT2D eigenvalue weighted by atomic mass is 9.71. The summed E-state index contributed by atoms with van der Waals surface area (Å²) in [5, 5.41) is 6.89. The molecule has 0 bridgehead atoms. The van der Waals surface area contributed by atoms with Gasteiger partial charge in [-0.05, 0) is 38.7 Å². The highest BCUT2D eigenvalue weighted by molar-refractivity contribution is 5.94. The molecule has 0 radical (unpaired) electrons. The molecule has 0 unspecified atom stereocenters. The average Bonchev–Trinajstić information content (AvgIpc) is 2.65. The van der Waals surface area contributed by atoms with Gasteiger partial charge in [0, 0.05) is 32.4 Å². The summed E-state index contributed by atoms with van der Waals surface area (Å²) in [6, 6.07) is 1.41. The molecule has 2 amide bonds. The van der Waals surface area contributed by atoms with E-state index in [0.717, 1.165) is 32.1 Å². The molecule has 0 aliphatic carbocycles. The van der Waals surface area contributed by atoms with E-state index in [1.54, 1.807) is 4.90 Å². The zero-order valence-electron chi connectivity index (χ0n) is 14.9. The van der Waals surface area contributed by atoms with Crippen molar-refractivity contribution >= 4 is 18.3 Å². The largest absolute Gasteiger partial charge is 0.483 e. The third kappa shape index (κ3) is 4.00. The minimum absolute atomic E-state index is 0.0566. The molecule has 1 aromatic heterocycles. The average molecular weight is 365 g/mol. The topological polar surface area (TPSA) is 90.8 Å². The van der Waals surface area contributed by atoms with Gasteiger partial charge >= 0.3 is 0 Å². The minimum Gasteiger partial charge on any atom is -0.483 e. The molecular formula is C18H24FN3O4. The van der Waals surface area contributed by atoms with Crippen molar-refractivity contribution in [2.24, 2.45) is 5.41 Å². The Morgan fingerprint density at radius 1 is 1.35 bits per heavy atom. The second-order valence-electron chi connectivity index (χ2n) is 6.52. The molecular weight excluding hydrogens is 341 g/mol. The summed E-state index contributed by atoms with van der Waals surface area (Å²) in [5.74, 6) is -0.674. The van der Waals surface area contributed by atoms with Gasteiger partial charge in [-0.2, -0.15) is 0 Å². The predicted molar refractivity (Wildman–Crippen MR) is 91.9 cm³/mol. The second kappa shape index (κ2) is 8.73. The van der Waals surface area contributed by atoms with Gasteiger partial charge in [-0.15, -0.1) is 0 Å². The Hall–Kier alpha value is -2.51. The van der Waals surface area contributed by atoms with Crippen molar-refractivity contribution in [1.29, 1.82) is 0 Å². The molecule has 2 saturated heterocycles. The Balaban J connectivity index is 0.000000758. The summed E-state index contributed by atoms with van der Waals surface area (Å²) >= 11 is 0. The Bertz CT molecular complexity index is 660. The summed E-state index contributed by atoms with van der Waals surface area (Å²) in [4.78, 5) is 40.8. The van der Waals surface area contributed by atoms with Gasteiger partial charge in [-0.1, -0.05) is 0 Å². The number of carbonyl (C=O) groups is 3. The molecule has 1 aromatic rings. The quantitative estimate of drug-likeness (QED) is 0.807. The van der Waals surface area contributed by atoms with Gasteiger partial charge in [0.15, 0.2) is 5.82 Å². The maximum atomic E-state index is 13.7. The Morgan fingerprint density at radius 2 is 2.00 bits per heavy atom. The summed E-state index contributed by atoms with van der Waals surface area (Å²) < 4.78 is 13.7. The number of carbonyl (C=O) groups excluding carboxylic acids is 2. The summed E-state index contributed by atoms with van der Waals surface area (Å²) in [7, 11) is 0. The molecule has 1 N–H and O–H groups in total. The molecule has 7 nitrogen and oxygen atoms in total. The molecule has 2 aliphatic rings. The fourth-order valence-corrected chi connectivity index (χ4v) is 3.77. The maximum Gasteiger partial charge on any atom is 0.290 e. The fraction of sp³-hybridized carbons (Fsp3) is 0.556. The number of halogens is 1. The first-order valence-corrected chi connectivity index (χ1v) is 8.75. The van der Waals surface area contributed by atoms with Gasteiger partial charge in [0.05, 0.1) is 17.2 Å². The van der Waals surface area contributed by atoms with Crippen LogP contribution in [0.25, 0.3) is 0 Å². The number of piperidine rings is 2. The highest BCUT2D eigenvalue weighted by Gasteiger charge is 2.45. The lowest BCUT2D eigenvalue weighted by molar-refractivity contribution is -0.149. The molecule has 3 rings (SSSR count). The smallest absolute Gasteiger partial charge is 0.290 e. The predicted octanol–water partition coefficient (Wildman–Crippen LogP) is 1.79. The van der Waals surface area contributed by atoms with Crippen LogP contribution in [0.4, 0.5) is 4.39 Å². The number of aromatic nitrogens is 1. The molecule has 26 heavy (non-hydrogen) atoms. The first-order chi connectivity index (χ1) is 12.5. The van der Waals surface area contributed by atoms with Gasteiger partial charge in [-0.3, -0.25) is 19.4 Å². The zero-order valence-corrected chi connectivity index (χ0v) is 14.9. The number of hydrogen-bond acceptors (Lipinski definition) is 4. The van der Waals surface area contributed by atoms with Crippen LogP contribution in [0.15, 0.2) is 18.5 Å². The Labute approximate surface area is 151 Å². The Morgan fingerprint density at radius 3 is 2.58 bits per heavy atom. The molecule has 1 spiro atoms. The van der Waals surface area contributed by atoms with Crippen molar-refractivity contribution < 1.29 is 23.9 Å². The number of likely N-dealkylation sites (tertiary alicyclic amines) is 2. The van der Waals surface area contributed by atoms with Crippen molar-refractivity contribution in [1.82, 2.24) is 14.8 Å². The number of carboxylic acid groups (broad SMARTS) is 1. The number of rotatable bonds is 2. The monoisotopic (exact) mass is 365 g/mol. The van der Waals surface area contributed by atoms with Gasteiger partial charge in [0.25, 0.3) is 12.4 Å². The van der Waals surface area contributed by atoms with E-state index in [-0.39, 0.29) is 29.3 Å². The summed E-state index contributed by atoms with van der Waals surface area (Å²) in [5.41, 5.74) is -0.261. The second-order valence-corrected chi connectivity index (χ2v) is 6.52. The van der Waals surface area contributed by atoms with Gasteiger partial charge in [-0.25, -0.2) is 4.39 Å². The van der Waals surface area contributed by atoms with E-state index in [1.165, 1.54) is 12.3 Å². The van der Waals surface area contributed by atoms with Crippen LogP contribution in [0.1, 0.15) is 43.0 Å². The van der Waals surface area contributed by atoms with Crippen LogP contribution in [-0.2, 0) is 9.59 Å². The van der Waals surface area contributed by atoms with E-state index in [1.807, 2.05) is 11.8 Å².